The number of aromatic nitrogens is 4. The van der Waals surface area contributed by atoms with Gasteiger partial charge in [-0.2, -0.15) is 5.10 Å². The summed E-state index contributed by atoms with van der Waals surface area (Å²) < 4.78 is 0. The molecule has 1 aliphatic heterocycles. The number of nitrogens with zero attached hydrogens (tertiary/aromatic N) is 4. The van der Waals surface area contributed by atoms with Gasteiger partial charge in [-0.15, -0.1) is 0 Å². The Morgan fingerprint density at radius 3 is 2.88 bits per heavy atom. The van der Waals surface area contributed by atoms with Gasteiger partial charge in [0.15, 0.2) is 0 Å². The summed E-state index contributed by atoms with van der Waals surface area (Å²) in [4.78, 5) is 23.3. The minimum Gasteiger partial charge on any atom is -0.354 e. The summed E-state index contributed by atoms with van der Waals surface area (Å²) in [6.07, 6.45) is 5.92. The molecule has 0 unspecified atom stereocenters. The Morgan fingerprint density at radius 2 is 2.12 bits per heavy atom. The number of benzene rings is 1. The Hall–Kier alpha value is -3.22. The average Bonchev–Trinajstić information content (AvgIpc) is 3.09. The Kier molecular flexibility index (Phi) is 4.35. The fraction of sp³-hybridized carbons (Fsp3) is 0.263. The summed E-state index contributed by atoms with van der Waals surface area (Å²) in [5, 5.41) is 9.38. The second-order valence-electron chi connectivity index (χ2n) is 6.53. The molecular formula is C19H20N6O. The SMILES string of the molecule is Cc1ccccc1Cc1cncc(N2CC(C(=O)Nc3ccn[nH]3)C2)n1. The highest BCUT2D eigenvalue weighted by atomic mass is 16.2. The molecule has 7 heteroatoms. The predicted molar refractivity (Wildman–Crippen MR) is 98.9 cm³/mol. The van der Waals surface area contributed by atoms with Gasteiger partial charge in [0.1, 0.15) is 11.6 Å². The normalized spacial score (nSPS) is 14.1. The van der Waals surface area contributed by atoms with Crippen molar-refractivity contribution >= 4 is 17.5 Å². The Morgan fingerprint density at radius 1 is 1.27 bits per heavy atom. The molecule has 1 aliphatic rings. The predicted octanol–water partition coefficient (Wildman–Crippen LogP) is 2.17. The van der Waals surface area contributed by atoms with Gasteiger partial charge in [-0.3, -0.25) is 14.9 Å². The van der Waals surface area contributed by atoms with Crippen LogP contribution < -0.4 is 10.2 Å². The van der Waals surface area contributed by atoms with E-state index >= 15 is 0 Å². The first kappa shape index (κ1) is 16.3. The fourth-order valence-corrected chi connectivity index (χ4v) is 3.03. The van der Waals surface area contributed by atoms with E-state index in [-0.39, 0.29) is 11.8 Å². The van der Waals surface area contributed by atoms with Gasteiger partial charge in [-0.05, 0) is 18.1 Å². The van der Waals surface area contributed by atoms with Gasteiger partial charge in [-0.25, -0.2) is 4.98 Å². The highest BCUT2D eigenvalue weighted by Crippen LogP contribution is 2.24. The highest BCUT2D eigenvalue weighted by Gasteiger charge is 2.33. The second kappa shape index (κ2) is 6.95. The van der Waals surface area contributed by atoms with Crippen molar-refractivity contribution in [2.45, 2.75) is 13.3 Å². The van der Waals surface area contributed by atoms with E-state index in [0.29, 0.717) is 18.9 Å². The number of anilines is 2. The van der Waals surface area contributed by atoms with Crippen LogP contribution >= 0.6 is 0 Å². The van der Waals surface area contributed by atoms with Crippen LogP contribution in [0.4, 0.5) is 11.6 Å². The van der Waals surface area contributed by atoms with E-state index in [0.717, 1.165) is 17.9 Å². The number of aromatic amines is 1. The van der Waals surface area contributed by atoms with Crippen molar-refractivity contribution in [1.82, 2.24) is 20.2 Å². The third-order valence-corrected chi connectivity index (χ3v) is 4.64. The van der Waals surface area contributed by atoms with Crippen molar-refractivity contribution < 1.29 is 4.79 Å². The number of aryl methyl sites for hydroxylation is 1. The van der Waals surface area contributed by atoms with Gasteiger partial charge in [-0.1, -0.05) is 24.3 Å². The van der Waals surface area contributed by atoms with Gasteiger partial charge in [0.05, 0.1) is 24.0 Å². The highest BCUT2D eigenvalue weighted by molar-refractivity contribution is 5.93. The number of amides is 1. The quantitative estimate of drug-likeness (QED) is 0.738. The molecule has 4 rings (SSSR count). The number of nitrogens with one attached hydrogen (secondary N) is 2. The molecule has 1 saturated heterocycles. The van der Waals surface area contributed by atoms with Gasteiger partial charge in [0, 0.05) is 31.8 Å². The van der Waals surface area contributed by atoms with E-state index in [1.807, 2.05) is 12.1 Å². The molecule has 0 saturated carbocycles. The van der Waals surface area contributed by atoms with Crippen LogP contribution in [0.5, 0.6) is 0 Å². The minimum atomic E-state index is -0.0554. The lowest BCUT2D eigenvalue weighted by atomic mass is 9.99. The fourth-order valence-electron chi connectivity index (χ4n) is 3.03. The van der Waals surface area contributed by atoms with Crippen LogP contribution in [-0.2, 0) is 11.2 Å². The molecule has 2 aromatic heterocycles. The van der Waals surface area contributed by atoms with Gasteiger partial charge in [0.25, 0.3) is 0 Å². The molecule has 0 atom stereocenters. The van der Waals surface area contributed by atoms with Crippen LogP contribution in [0, 0.1) is 12.8 Å². The number of hydrogen-bond acceptors (Lipinski definition) is 5. The van der Waals surface area contributed by atoms with Gasteiger partial charge >= 0.3 is 0 Å². The smallest absolute Gasteiger partial charge is 0.232 e. The van der Waals surface area contributed by atoms with Gasteiger partial charge in [0.2, 0.25) is 5.91 Å². The van der Waals surface area contributed by atoms with E-state index in [1.54, 1.807) is 24.7 Å². The van der Waals surface area contributed by atoms with E-state index < -0.39 is 0 Å². The topological polar surface area (TPSA) is 86.8 Å². The Bertz CT molecular complexity index is 902. The zero-order valence-corrected chi connectivity index (χ0v) is 14.5. The monoisotopic (exact) mass is 348 g/mol. The number of rotatable bonds is 5. The van der Waals surface area contributed by atoms with Gasteiger partial charge < -0.3 is 10.2 Å². The van der Waals surface area contributed by atoms with Crippen LogP contribution in [0.25, 0.3) is 0 Å². The summed E-state index contributed by atoms with van der Waals surface area (Å²) in [5.74, 6) is 1.38. The van der Waals surface area contributed by atoms with Crippen molar-refractivity contribution in [2.24, 2.45) is 5.92 Å². The molecule has 0 spiro atoms. The van der Waals surface area contributed by atoms with E-state index in [2.05, 4.69) is 44.5 Å². The summed E-state index contributed by atoms with van der Waals surface area (Å²) >= 11 is 0. The molecule has 0 bridgehead atoms. The molecular weight excluding hydrogens is 328 g/mol. The molecule has 132 valence electrons. The molecule has 3 heterocycles. The molecule has 0 aliphatic carbocycles. The van der Waals surface area contributed by atoms with E-state index in [4.69, 9.17) is 4.98 Å². The average molecular weight is 348 g/mol. The Labute approximate surface area is 151 Å². The van der Waals surface area contributed by atoms with Crippen LogP contribution in [0.3, 0.4) is 0 Å². The number of hydrogen-bond donors (Lipinski definition) is 2. The Balaban J connectivity index is 1.38. The third-order valence-electron chi connectivity index (χ3n) is 4.64. The first-order valence-corrected chi connectivity index (χ1v) is 8.59. The third kappa shape index (κ3) is 3.42. The molecule has 0 radical (unpaired) electrons. The molecule has 1 aromatic carbocycles. The van der Waals surface area contributed by atoms with E-state index in [1.165, 1.54) is 11.1 Å². The first-order chi connectivity index (χ1) is 12.7. The minimum absolute atomic E-state index is 0.00507. The molecule has 1 fully saturated rings. The molecule has 2 N–H and O–H groups in total. The number of H-pyrrole nitrogens is 1. The molecule has 7 nitrogen and oxygen atoms in total. The van der Waals surface area contributed by atoms with Crippen LogP contribution in [0.2, 0.25) is 0 Å². The lowest BCUT2D eigenvalue weighted by Gasteiger charge is -2.38. The zero-order chi connectivity index (χ0) is 17.9. The lowest BCUT2D eigenvalue weighted by Crippen LogP contribution is -2.52. The molecule has 26 heavy (non-hydrogen) atoms. The van der Waals surface area contributed by atoms with Crippen LogP contribution in [0.15, 0.2) is 48.9 Å². The lowest BCUT2D eigenvalue weighted by molar-refractivity contribution is -0.120. The van der Waals surface area contributed by atoms with Crippen LogP contribution in [-0.4, -0.2) is 39.2 Å². The summed E-state index contributed by atoms with van der Waals surface area (Å²) in [6.45, 7) is 3.38. The zero-order valence-electron chi connectivity index (χ0n) is 14.5. The summed E-state index contributed by atoms with van der Waals surface area (Å²) in [7, 11) is 0. The first-order valence-electron chi connectivity index (χ1n) is 8.59. The number of carbonyl (C=O) groups is 1. The van der Waals surface area contributed by atoms with Crippen molar-refractivity contribution in [3.8, 4) is 0 Å². The maximum Gasteiger partial charge on any atom is 0.232 e. The van der Waals surface area contributed by atoms with Crippen molar-refractivity contribution in [2.75, 3.05) is 23.3 Å². The van der Waals surface area contributed by atoms with Crippen LogP contribution in [0.1, 0.15) is 16.8 Å². The maximum absolute atomic E-state index is 12.2. The number of carbonyl (C=O) groups excluding carboxylic acids is 1. The summed E-state index contributed by atoms with van der Waals surface area (Å²) in [5.41, 5.74) is 3.43. The van der Waals surface area contributed by atoms with Crippen molar-refractivity contribution in [1.29, 1.82) is 0 Å². The second-order valence-corrected chi connectivity index (χ2v) is 6.53. The summed E-state index contributed by atoms with van der Waals surface area (Å²) in [6, 6.07) is 10.0. The molecule has 1 amide bonds. The van der Waals surface area contributed by atoms with Crippen molar-refractivity contribution in [3.63, 3.8) is 0 Å². The van der Waals surface area contributed by atoms with E-state index in [9.17, 15) is 4.79 Å². The standard InChI is InChI=1S/C19H20N6O/c1-13-4-2-3-5-14(13)8-16-9-20-10-18(22-16)25-11-15(12-25)19(26)23-17-6-7-21-24-17/h2-7,9-10,15H,8,11-12H2,1H3,(H2,21,23,24,26). The molecule has 3 aromatic rings. The van der Waals surface area contributed by atoms with Crippen molar-refractivity contribution in [3.05, 3.63) is 65.7 Å². The largest absolute Gasteiger partial charge is 0.354 e. The maximum atomic E-state index is 12.2.